The Morgan fingerprint density at radius 1 is 1.35 bits per heavy atom. The molecule has 2 atom stereocenters. The van der Waals surface area contributed by atoms with Gasteiger partial charge in [-0.1, -0.05) is 23.4 Å². The number of carbonyl (C=O) groups is 1. The van der Waals surface area contributed by atoms with Gasteiger partial charge in [-0.2, -0.15) is 0 Å². The standard InChI is InChI=1S/C15H19N3O2/c16-14(18-20)10-3-1-2-9(4-10)8-17-15(19)13-6-11-5-12(11)7-13/h1-4,11-13,20H,5-8H2,(H2,16,18)(H,17,19). The van der Waals surface area contributed by atoms with Crippen LogP contribution in [0.2, 0.25) is 0 Å². The molecule has 4 N–H and O–H groups in total. The molecule has 106 valence electrons. The van der Waals surface area contributed by atoms with E-state index in [1.165, 1.54) is 6.42 Å². The molecular formula is C15H19N3O2. The van der Waals surface area contributed by atoms with E-state index in [1.54, 1.807) is 6.07 Å². The van der Waals surface area contributed by atoms with Crippen molar-refractivity contribution in [3.63, 3.8) is 0 Å². The van der Waals surface area contributed by atoms with Gasteiger partial charge in [-0.05, 0) is 42.7 Å². The Hall–Kier alpha value is -2.04. The van der Waals surface area contributed by atoms with E-state index in [-0.39, 0.29) is 17.7 Å². The largest absolute Gasteiger partial charge is 0.409 e. The zero-order valence-corrected chi connectivity index (χ0v) is 11.2. The number of nitrogens with one attached hydrogen (secondary N) is 1. The highest BCUT2D eigenvalue weighted by atomic mass is 16.4. The maximum absolute atomic E-state index is 12.1. The van der Waals surface area contributed by atoms with Crippen LogP contribution in [0.4, 0.5) is 0 Å². The molecule has 0 saturated heterocycles. The molecule has 1 amide bonds. The maximum Gasteiger partial charge on any atom is 0.223 e. The van der Waals surface area contributed by atoms with Crippen LogP contribution in [0.25, 0.3) is 0 Å². The number of fused-ring (bicyclic) bond motifs is 1. The predicted octanol–water partition coefficient (Wildman–Crippen LogP) is 1.44. The van der Waals surface area contributed by atoms with Crippen molar-refractivity contribution in [2.75, 3.05) is 0 Å². The number of amides is 1. The highest BCUT2D eigenvalue weighted by molar-refractivity contribution is 5.97. The predicted molar refractivity (Wildman–Crippen MR) is 75.1 cm³/mol. The minimum Gasteiger partial charge on any atom is -0.409 e. The topological polar surface area (TPSA) is 87.7 Å². The van der Waals surface area contributed by atoms with E-state index in [0.717, 1.165) is 30.2 Å². The Morgan fingerprint density at radius 2 is 2.10 bits per heavy atom. The molecule has 0 aliphatic heterocycles. The Morgan fingerprint density at radius 3 is 2.80 bits per heavy atom. The SMILES string of the molecule is N/C(=N/O)c1cccc(CNC(=O)C2CC3CC3C2)c1. The fraction of sp³-hybridized carbons (Fsp3) is 0.467. The molecule has 2 unspecified atom stereocenters. The van der Waals surface area contributed by atoms with Crippen molar-refractivity contribution in [2.24, 2.45) is 28.6 Å². The Balaban J connectivity index is 1.56. The number of oxime groups is 1. The lowest BCUT2D eigenvalue weighted by atomic mass is 10.0. The number of carbonyl (C=O) groups excluding carboxylic acids is 1. The fourth-order valence-corrected chi connectivity index (χ4v) is 3.16. The molecule has 2 saturated carbocycles. The van der Waals surface area contributed by atoms with Gasteiger partial charge in [-0.3, -0.25) is 4.79 Å². The summed E-state index contributed by atoms with van der Waals surface area (Å²) in [5, 5.41) is 14.6. The zero-order valence-electron chi connectivity index (χ0n) is 11.2. The van der Waals surface area contributed by atoms with E-state index in [2.05, 4.69) is 10.5 Å². The number of rotatable bonds is 4. The number of benzene rings is 1. The third-order valence-electron chi connectivity index (χ3n) is 4.41. The lowest BCUT2D eigenvalue weighted by Crippen LogP contribution is -2.29. The third-order valence-corrected chi connectivity index (χ3v) is 4.41. The van der Waals surface area contributed by atoms with E-state index in [1.807, 2.05) is 18.2 Å². The van der Waals surface area contributed by atoms with Gasteiger partial charge in [0.15, 0.2) is 5.84 Å². The maximum atomic E-state index is 12.1. The van der Waals surface area contributed by atoms with Gasteiger partial charge in [0.2, 0.25) is 5.91 Å². The van der Waals surface area contributed by atoms with E-state index in [4.69, 9.17) is 10.9 Å². The van der Waals surface area contributed by atoms with E-state index < -0.39 is 0 Å². The summed E-state index contributed by atoms with van der Waals surface area (Å²) in [4.78, 5) is 12.1. The summed E-state index contributed by atoms with van der Waals surface area (Å²) in [6.45, 7) is 0.483. The summed E-state index contributed by atoms with van der Waals surface area (Å²) < 4.78 is 0. The molecule has 0 heterocycles. The zero-order chi connectivity index (χ0) is 14.1. The minimum atomic E-state index is 0.0778. The Bertz CT molecular complexity index is 546. The highest BCUT2D eigenvalue weighted by Crippen LogP contribution is 2.54. The smallest absolute Gasteiger partial charge is 0.223 e. The fourth-order valence-electron chi connectivity index (χ4n) is 3.16. The molecule has 2 aliphatic carbocycles. The molecule has 5 heteroatoms. The van der Waals surface area contributed by atoms with Gasteiger partial charge >= 0.3 is 0 Å². The molecule has 2 aliphatic rings. The molecule has 0 aromatic heterocycles. The van der Waals surface area contributed by atoms with Gasteiger partial charge in [-0.15, -0.1) is 0 Å². The molecule has 1 aromatic carbocycles. The van der Waals surface area contributed by atoms with Gasteiger partial charge in [0.05, 0.1) is 0 Å². The van der Waals surface area contributed by atoms with Crippen LogP contribution in [-0.2, 0) is 11.3 Å². The Kier molecular flexibility index (Phi) is 3.34. The van der Waals surface area contributed by atoms with E-state index >= 15 is 0 Å². The average molecular weight is 273 g/mol. The molecule has 5 nitrogen and oxygen atoms in total. The summed E-state index contributed by atoms with van der Waals surface area (Å²) in [5.41, 5.74) is 7.16. The van der Waals surface area contributed by atoms with Crippen molar-refractivity contribution in [2.45, 2.75) is 25.8 Å². The van der Waals surface area contributed by atoms with Crippen LogP contribution in [-0.4, -0.2) is 17.0 Å². The van der Waals surface area contributed by atoms with Crippen LogP contribution in [0.3, 0.4) is 0 Å². The van der Waals surface area contributed by atoms with Gasteiger partial charge in [0.25, 0.3) is 0 Å². The van der Waals surface area contributed by atoms with Crippen molar-refractivity contribution in [3.05, 3.63) is 35.4 Å². The second-order valence-electron chi connectivity index (χ2n) is 5.83. The van der Waals surface area contributed by atoms with Crippen molar-refractivity contribution < 1.29 is 10.0 Å². The van der Waals surface area contributed by atoms with Crippen LogP contribution in [0.15, 0.2) is 29.4 Å². The molecule has 1 aromatic rings. The monoisotopic (exact) mass is 273 g/mol. The van der Waals surface area contributed by atoms with Crippen molar-refractivity contribution in [1.82, 2.24) is 5.32 Å². The first-order chi connectivity index (χ1) is 9.67. The van der Waals surface area contributed by atoms with Crippen molar-refractivity contribution in [1.29, 1.82) is 0 Å². The summed E-state index contributed by atoms with van der Waals surface area (Å²) in [7, 11) is 0. The quantitative estimate of drug-likeness (QED) is 0.336. The first-order valence-electron chi connectivity index (χ1n) is 7.02. The number of nitrogens with two attached hydrogens (primary N) is 1. The van der Waals surface area contributed by atoms with Crippen molar-refractivity contribution in [3.8, 4) is 0 Å². The second-order valence-corrected chi connectivity index (χ2v) is 5.83. The first-order valence-corrected chi connectivity index (χ1v) is 7.02. The lowest BCUT2D eigenvalue weighted by Gasteiger charge is -2.12. The molecule has 0 spiro atoms. The summed E-state index contributed by atoms with van der Waals surface area (Å²) >= 11 is 0. The summed E-state index contributed by atoms with van der Waals surface area (Å²) in [6.07, 6.45) is 3.44. The molecule has 20 heavy (non-hydrogen) atoms. The molecule has 0 radical (unpaired) electrons. The highest BCUT2D eigenvalue weighted by Gasteiger charge is 2.47. The van der Waals surface area contributed by atoms with Crippen LogP contribution >= 0.6 is 0 Å². The minimum absolute atomic E-state index is 0.0778. The van der Waals surface area contributed by atoms with E-state index in [0.29, 0.717) is 12.1 Å². The van der Waals surface area contributed by atoms with Crippen LogP contribution in [0.5, 0.6) is 0 Å². The van der Waals surface area contributed by atoms with Gasteiger partial charge in [0, 0.05) is 18.0 Å². The number of nitrogens with zero attached hydrogens (tertiary/aromatic N) is 1. The normalized spacial score (nSPS) is 28.0. The van der Waals surface area contributed by atoms with Gasteiger partial charge in [0.1, 0.15) is 0 Å². The lowest BCUT2D eigenvalue weighted by molar-refractivity contribution is -0.125. The number of hydrogen-bond acceptors (Lipinski definition) is 3. The van der Waals surface area contributed by atoms with Gasteiger partial charge in [-0.25, -0.2) is 0 Å². The first kappa shape index (κ1) is 13.0. The average Bonchev–Trinajstić information content (AvgIpc) is 3.10. The van der Waals surface area contributed by atoms with Crippen LogP contribution in [0, 0.1) is 17.8 Å². The second kappa shape index (κ2) is 5.15. The van der Waals surface area contributed by atoms with Crippen molar-refractivity contribution >= 4 is 11.7 Å². The summed E-state index contributed by atoms with van der Waals surface area (Å²) in [6, 6.07) is 7.34. The molecule has 3 rings (SSSR count). The van der Waals surface area contributed by atoms with Crippen LogP contribution in [0.1, 0.15) is 30.4 Å². The number of amidine groups is 1. The van der Waals surface area contributed by atoms with Gasteiger partial charge < -0.3 is 16.3 Å². The molecule has 0 bridgehead atoms. The number of hydrogen-bond donors (Lipinski definition) is 3. The molecule has 2 fully saturated rings. The molecular weight excluding hydrogens is 254 g/mol. The Labute approximate surface area is 117 Å². The summed E-state index contributed by atoms with van der Waals surface area (Å²) in [5.74, 6) is 2.07. The third kappa shape index (κ3) is 2.61. The van der Waals surface area contributed by atoms with E-state index in [9.17, 15) is 4.79 Å². The van der Waals surface area contributed by atoms with Crippen LogP contribution < -0.4 is 11.1 Å².